The quantitative estimate of drug-likeness (QED) is 0.787. The summed E-state index contributed by atoms with van der Waals surface area (Å²) < 4.78 is 1.81. The maximum Gasteiger partial charge on any atom is 0.0741 e. The molecule has 2 saturated heterocycles. The van der Waals surface area contributed by atoms with Gasteiger partial charge in [-0.05, 0) is 24.9 Å². The number of piperidine rings is 1. The van der Waals surface area contributed by atoms with Gasteiger partial charge in [0.15, 0.2) is 0 Å². The van der Waals surface area contributed by atoms with Crippen LogP contribution in [0.15, 0.2) is 12.4 Å². The van der Waals surface area contributed by atoms with Crippen LogP contribution in [0.3, 0.4) is 0 Å². The maximum absolute atomic E-state index is 10.8. The Balaban J connectivity index is 1.77. The van der Waals surface area contributed by atoms with Crippen LogP contribution in [0.1, 0.15) is 18.4 Å². The van der Waals surface area contributed by atoms with E-state index in [0.29, 0.717) is 5.92 Å². The SMILES string of the molecule is Cn1cc(CC2(O)CCN3CCC2C3)cn1. The van der Waals surface area contributed by atoms with Crippen LogP contribution >= 0.6 is 0 Å². The predicted octanol–water partition coefficient (Wildman–Crippen LogP) is 0.419. The van der Waals surface area contributed by atoms with Crippen molar-refractivity contribution in [1.82, 2.24) is 14.7 Å². The van der Waals surface area contributed by atoms with Gasteiger partial charge in [-0.2, -0.15) is 5.10 Å². The highest BCUT2D eigenvalue weighted by atomic mass is 16.3. The van der Waals surface area contributed by atoms with Crippen LogP contribution in [0.5, 0.6) is 0 Å². The summed E-state index contributed by atoms with van der Waals surface area (Å²) >= 11 is 0. The van der Waals surface area contributed by atoms with Crippen molar-refractivity contribution < 1.29 is 5.11 Å². The molecule has 3 unspecified atom stereocenters. The second-order valence-corrected chi connectivity index (χ2v) is 5.34. The van der Waals surface area contributed by atoms with E-state index in [0.717, 1.165) is 37.9 Å². The lowest BCUT2D eigenvalue weighted by molar-refractivity contribution is -0.0439. The fourth-order valence-electron chi connectivity index (χ4n) is 3.18. The van der Waals surface area contributed by atoms with Gasteiger partial charge in [-0.3, -0.25) is 4.68 Å². The lowest BCUT2D eigenvalue weighted by atomic mass is 9.78. The van der Waals surface area contributed by atoms with Crippen LogP contribution in [-0.2, 0) is 13.5 Å². The molecule has 1 N–H and O–H groups in total. The summed E-state index contributed by atoms with van der Waals surface area (Å²) in [7, 11) is 1.92. The zero-order valence-electron chi connectivity index (χ0n) is 9.76. The molecule has 2 bridgehead atoms. The first-order valence-electron chi connectivity index (χ1n) is 6.08. The van der Waals surface area contributed by atoms with E-state index in [1.54, 1.807) is 0 Å². The summed E-state index contributed by atoms with van der Waals surface area (Å²) in [5.41, 5.74) is 0.668. The van der Waals surface area contributed by atoms with Gasteiger partial charge >= 0.3 is 0 Å². The molecule has 0 amide bonds. The third kappa shape index (κ3) is 1.66. The molecule has 0 aromatic carbocycles. The Morgan fingerprint density at radius 2 is 2.44 bits per heavy atom. The predicted molar refractivity (Wildman–Crippen MR) is 61.0 cm³/mol. The van der Waals surface area contributed by atoms with Crippen molar-refractivity contribution in [3.63, 3.8) is 0 Å². The molecule has 1 aromatic heterocycles. The molecule has 3 atom stereocenters. The van der Waals surface area contributed by atoms with Crippen molar-refractivity contribution in [2.24, 2.45) is 13.0 Å². The van der Waals surface area contributed by atoms with Crippen LogP contribution in [0.2, 0.25) is 0 Å². The molecule has 0 saturated carbocycles. The van der Waals surface area contributed by atoms with Gasteiger partial charge in [0.1, 0.15) is 0 Å². The number of nitrogens with zero attached hydrogens (tertiary/aromatic N) is 3. The van der Waals surface area contributed by atoms with Crippen LogP contribution in [0.25, 0.3) is 0 Å². The number of rotatable bonds is 2. The van der Waals surface area contributed by atoms with Crippen molar-refractivity contribution in [1.29, 1.82) is 0 Å². The van der Waals surface area contributed by atoms with E-state index in [-0.39, 0.29) is 0 Å². The van der Waals surface area contributed by atoms with Gasteiger partial charge in [0.05, 0.1) is 11.8 Å². The molecule has 3 rings (SSSR count). The lowest BCUT2D eigenvalue weighted by Gasteiger charge is -2.38. The summed E-state index contributed by atoms with van der Waals surface area (Å²) in [6.45, 7) is 3.30. The molecule has 0 radical (unpaired) electrons. The van der Waals surface area contributed by atoms with Gasteiger partial charge in [0.25, 0.3) is 0 Å². The molecule has 16 heavy (non-hydrogen) atoms. The van der Waals surface area contributed by atoms with E-state index in [9.17, 15) is 5.11 Å². The van der Waals surface area contributed by atoms with Gasteiger partial charge in [-0.1, -0.05) is 0 Å². The molecule has 2 aliphatic rings. The Hall–Kier alpha value is -0.870. The minimum absolute atomic E-state index is 0.460. The lowest BCUT2D eigenvalue weighted by Crippen LogP contribution is -2.47. The molecule has 1 aromatic rings. The number of aromatic nitrogens is 2. The molecule has 88 valence electrons. The van der Waals surface area contributed by atoms with Crippen molar-refractivity contribution in [2.45, 2.75) is 24.9 Å². The van der Waals surface area contributed by atoms with Gasteiger partial charge in [0.2, 0.25) is 0 Å². The average molecular weight is 221 g/mol. The molecular weight excluding hydrogens is 202 g/mol. The van der Waals surface area contributed by atoms with Crippen molar-refractivity contribution in [3.05, 3.63) is 18.0 Å². The first kappa shape index (κ1) is 10.3. The Bertz CT molecular complexity index is 389. The minimum atomic E-state index is -0.490. The molecule has 0 spiro atoms. The van der Waals surface area contributed by atoms with E-state index in [4.69, 9.17) is 0 Å². The fraction of sp³-hybridized carbons (Fsp3) is 0.750. The summed E-state index contributed by atoms with van der Waals surface area (Å²) in [5.74, 6) is 0.460. The largest absolute Gasteiger partial charge is 0.389 e. The number of hydrogen-bond donors (Lipinski definition) is 1. The Morgan fingerprint density at radius 3 is 3.19 bits per heavy atom. The summed E-state index contributed by atoms with van der Waals surface area (Å²) in [6.07, 6.45) is 6.71. The molecule has 2 fully saturated rings. The summed E-state index contributed by atoms with van der Waals surface area (Å²) in [5, 5.41) is 14.9. The molecule has 3 heterocycles. The van der Waals surface area contributed by atoms with Crippen molar-refractivity contribution >= 4 is 0 Å². The fourth-order valence-corrected chi connectivity index (χ4v) is 3.18. The number of aliphatic hydroxyl groups is 1. The number of fused-ring (bicyclic) bond motifs is 2. The first-order chi connectivity index (χ1) is 7.66. The zero-order valence-corrected chi connectivity index (χ0v) is 9.76. The van der Waals surface area contributed by atoms with Crippen LogP contribution in [0.4, 0.5) is 0 Å². The Kier molecular flexibility index (Phi) is 2.30. The second kappa shape index (κ2) is 3.57. The number of hydrogen-bond acceptors (Lipinski definition) is 3. The van der Waals surface area contributed by atoms with E-state index < -0.39 is 5.60 Å². The topological polar surface area (TPSA) is 41.3 Å². The van der Waals surface area contributed by atoms with Gasteiger partial charge in [-0.25, -0.2) is 0 Å². The van der Waals surface area contributed by atoms with E-state index >= 15 is 0 Å². The molecule has 0 aliphatic carbocycles. The summed E-state index contributed by atoms with van der Waals surface area (Å²) in [4.78, 5) is 2.46. The smallest absolute Gasteiger partial charge is 0.0741 e. The van der Waals surface area contributed by atoms with E-state index in [1.165, 1.54) is 6.54 Å². The highest BCUT2D eigenvalue weighted by Gasteiger charge is 2.44. The maximum atomic E-state index is 10.8. The van der Waals surface area contributed by atoms with Crippen LogP contribution in [-0.4, -0.2) is 45.0 Å². The van der Waals surface area contributed by atoms with Gasteiger partial charge in [-0.15, -0.1) is 0 Å². The first-order valence-corrected chi connectivity index (χ1v) is 6.08. The van der Waals surface area contributed by atoms with E-state index in [2.05, 4.69) is 10.00 Å². The monoisotopic (exact) mass is 221 g/mol. The Morgan fingerprint density at radius 1 is 1.56 bits per heavy atom. The van der Waals surface area contributed by atoms with Gasteiger partial charge in [0, 0.05) is 38.7 Å². The standard InChI is InChI=1S/C12H19N3O/c1-14-8-10(7-13-14)6-12(16)3-5-15-4-2-11(12)9-15/h7-8,11,16H,2-6,9H2,1H3. The molecule has 4 heteroatoms. The molecular formula is C12H19N3O. The minimum Gasteiger partial charge on any atom is -0.389 e. The highest BCUT2D eigenvalue weighted by Crippen LogP contribution is 2.37. The van der Waals surface area contributed by atoms with E-state index in [1.807, 2.05) is 24.1 Å². The zero-order chi connectivity index (χ0) is 11.2. The van der Waals surface area contributed by atoms with Crippen LogP contribution < -0.4 is 0 Å². The average Bonchev–Trinajstić information content (AvgIpc) is 2.82. The third-order valence-corrected chi connectivity index (χ3v) is 4.16. The van der Waals surface area contributed by atoms with Crippen molar-refractivity contribution in [3.8, 4) is 0 Å². The summed E-state index contributed by atoms with van der Waals surface area (Å²) in [6, 6.07) is 0. The Labute approximate surface area is 95.9 Å². The van der Waals surface area contributed by atoms with Crippen molar-refractivity contribution in [2.75, 3.05) is 19.6 Å². The highest BCUT2D eigenvalue weighted by molar-refractivity contribution is 5.11. The number of aryl methyl sites for hydroxylation is 1. The normalized spacial score (nSPS) is 37.9. The molecule has 4 nitrogen and oxygen atoms in total. The van der Waals surface area contributed by atoms with Gasteiger partial charge < -0.3 is 10.0 Å². The third-order valence-electron chi connectivity index (χ3n) is 4.16. The molecule has 2 aliphatic heterocycles. The second-order valence-electron chi connectivity index (χ2n) is 5.34. The van der Waals surface area contributed by atoms with Crippen LogP contribution in [0, 0.1) is 5.92 Å².